The summed E-state index contributed by atoms with van der Waals surface area (Å²) in [5.74, 6) is -1.11. The van der Waals surface area contributed by atoms with E-state index in [1.807, 2.05) is 46.3 Å². The number of benzene rings is 2. The fraction of sp³-hybridized carbons (Fsp3) is 0.429. The van der Waals surface area contributed by atoms with E-state index in [0.29, 0.717) is 45.1 Å². The SMILES string of the molecule is N#CN=C(N1CCc2ccccc2C1)N1CC[C@H](C(=O)N2CC[C@H](c3ccccc3)C2)[C@@H](C(=O)NO)C1. The predicted molar refractivity (Wildman–Crippen MR) is 137 cm³/mol. The molecular weight excluding hydrogens is 468 g/mol. The average Bonchev–Trinajstić information content (AvgIpc) is 3.45. The highest BCUT2D eigenvalue weighted by Crippen LogP contribution is 2.32. The maximum atomic E-state index is 13.6. The van der Waals surface area contributed by atoms with Gasteiger partial charge >= 0.3 is 0 Å². The van der Waals surface area contributed by atoms with Crippen LogP contribution in [0, 0.1) is 23.3 Å². The number of carbonyl (C=O) groups is 2. The molecule has 0 saturated carbocycles. The van der Waals surface area contributed by atoms with Gasteiger partial charge in [0.2, 0.25) is 24.0 Å². The fourth-order valence-electron chi connectivity index (χ4n) is 6.02. The second-order valence-electron chi connectivity index (χ2n) is 10.1. The van der Waals surface area contributed by atoms with E-state index in [4.69, 9.17) is 0 Å². The highest BCUT2D eigenvalue weighted by molar-refractivity contribution is 5.89. The predicted octanol–water partition coefficient (Wildman–Crippen LogP) is 2.34. The minimum atomic E-state index is -0.747. The summed E-state index contributed by atoms with van der Waals surface area (Å²) >= 11 is 0. The number of guanidine groups is 1. The Morgan fingerprint density at radius 1 is 0.892 bits per heavy atom. The van der Waals surface area contributed by atoms with Crippen molar-refractivity contribution in [3.05, 3.63) is 71.3 Å². The van der Waals surface area contributed by atoms with Gasteiger partial charge in [0.1, 0.15) is 0 Å². The number of nitrogens with one attached hydrogen (secondary N) is 1. The summed E-state index contributed by atoms with van der Waals surface area (Å²) in [6, 6.07) is 18.4. The number of fused-ring (bicyclic) bond motifs is 1. The van der Waals surface area contributed by atoms with Crippen LogP contribution >= 0.6 is 0 Å². The molecule has 192 valence electrons. The molecule has 3 aliphatic heterocycles. The fourth-order valence-corrected chi connectivity index (χ4v) is 6.02. The van der Waals surface area contributed by atoms with Crippen LogP contribution in [-0.2, 0) is 22.6 Å². The highest BCUT2D eigenvalue weighted by atomic mass is 16.5. The quantitative estimate of drug-likeness (QED) is 0.220. The summed E-state index contributed by atoms with van der Waals surface area (Å²) in [7, 11) is 0. The number of aliphatic imine (C=N–C) groups is 1. The molecule has 2 N–H and O–H groups in total. The number of piperidine rings is 1. The van der Waals surface area contributed by atoms with Gasteiger partial charge in [-0.15, -0.1) is 4.99 Å². The van der Waals surface area contributed by atoms with Gasteiger partial charge in [0.05, 0.1) is 11.8 Å². The van der Waals surface area contributed by atoms with Gasteiger partial charge in [0, 0.05) is 45.2 Å². The molecule has 0 bridgehead atoms. The van der Waals surface area contributed by atoms with Gasteiger partial charge in [-0.2, -0.15) is 5.26 Å². The van der Waals surface area contributed by atoms with Crippen LogP contribution in [-0.4, -0.2) is 70.4 Å². The van der Waals surface area contributed by atoms with Crippen molar-refractivity contribution in [1.29, 1.82) is 5.26 Å². The molecule has 2 aromatic rings. The first kappa shape index (κ1) is 24.8. The maximum Gasteiger partial charge on any atom is 0.249 e. The number of nitriles is 1. The number of amides is 2. The summed E-state index contributed by atoms with van der Waals surface area (Å²) in [4.78, 5) is 36.4. The molecule has 0 unspecified atom stereocenters. The third-order valence-electron chi connectivity index (χ3n) is 7.99. The summed E-state index contributed by atoms with van der Waals surface area (Å²) in [5.41, 5.74) is 5.47. The van der Waals surface area contributed by atoms with E-state index in [0.717, 1.165) is 12.8 Å². The monoisotopic (exact) mass is 500 g/mol. The third kappa shape index (κ3) is 5.16. The lowest BCUT2D eigenvalue weighted by molar-refractivity contribution is -0.147. The molecule has 2 aromatic carbocycles. The molecule has 9 nitrogen and oxygen atoms in total. The molecule has 0 spiro atoms. The molecule has 37 heavy (non-hydrogen) atoms. The minimum Gasteiger partial charge on any atom is -0.342 e. The van der Waals surface area contributed by atoms with Crippen LogP contribution in [0.5, 0.6) is 0 Å². The molecule has 0 aliphatic carbocycles. The third-order valence-corrected chi connectivity index (χ3v) is 7.99. The average molecular weight is 501 g/mol. The Bertz CT molecular complexity index is 1210. The topological polar surface area (TPSA) is 112 Å². The van der Waals surface area contributed by atoms with Gasteiger partial charge < -0.3 is 14.7 Å². The van der Waals surface area contributed by atoms with Crippen molar-refractivity contribution in [3.8, 4) is 6.19 Å². The molecule has 2 amide bonds. The number of hydrogen-bond donors (Lipinski definition) is 2. The number of rotatable bonds is 3. The summed E-state index contributed by atoms with van der Waals surface area (Å²) in [5, 5.41) is 18.9. The van der Waals surface area contributed by atoms with Crippen LogP contribution in [0.4, 0.5) is 0 Å². The first-order valence-corrected chi connectivity index (χ1v) is 12.9. The summed E-state index contributed by atoms with van der Waals surface area (Å²) < 4.78 is 0. The molecule has 3 heterocycles. The zero-order valence-corrected chi connectivity index (χ0v) is 20.8. The lowest BCUT2D eigenvalue weighted by Gasteiger charge is -2.42. The van der Waals surface area contributed by atoms with E-state index in [1.165, 1.54) is 16.7 Å². The molecular formula is C28H32N6O3. The van der Waals surface area contributed by atoms with Gasteiger partial charge in [0.25, 0.3) is 0 Å². The van der Waals surface area contributed by atoms with E-state index in [1.54, 1.807) is 5.48 Å². The zero-order valence-electron chi connectivity index (χ0n) is 20.8. The van der Waals surface area contributed by atoms with Gasteiger partial charge in [-0.05, 0) is 36.0 Å². The Hall–Kier alpha value is -3.90. The molecule has 9 heteroatoms. The normalized spacial score (nSPS) is 23.8. The van der Waals surface area contributed by atoms with Crippen molar-refractivity contribution in [2.75, 3.05) is 32.7 Å². The van der Waals surface area contributed by atoms with Crippen molar-refractivity contribution in [3.63, 3.8) is 0 Å². The maximum absolute atomic E-state index is 13.6. The Morgan fingerprint density at radius 3 is 2.38 bits per heavy atom. The molecule has 0 radical (unpaired) electrons. The van der Waals surface area contributed by atoms with Crippen molar-refractivity contribution in [2.24, 2.45) is 16.8 Å². The second-order valence-corrected chi connectivity index (χ2v) is 10.1. The lowest BCUT2D eigenvalue weighted by atomic mass is 9.83. The number of likely N-dealkylation sites (tertiary alicyclic amines) is 2. The van der Waals surface area contributed by atoms with Crippen molar-refractivity contribution in [1.82, 2.24) is 20.2 Å². The number of nitrogens with zero attached hydrogens (tertiary/aromatic N) is 5. The van der Waals surface area contributed by atoms with Crippen LogP contribution in [0.25, 0.3) is 0 Å². The smallest absolute Gasteiger partial charge is 0.249 e. The van der Waals surface area contributed by atoms with Crippen LogP contribution in [0.3, 0.4) is 0 Å². The summed E-state index contributed by atoms with van der Waals surface area (Å²) in [6.07, 6.45) is 4.10. The van der Waals surface area contributed by atoms with Gasteiger partial charge in [-0.1, -0.05) is 54.6 Å². The Kier molecular flexibility index (Phi) is 7.37. The molecule has 2 fully saturated rings. The standard InChI is InChI=1S/C28H32N6O3/c29-19-30-28(33-14-10-21-8-4-5-9-22(21)17-33)34-15-12-24(25(18-34)26(35)31-37)27(36)32-13-11-23(16-32)20-6-2-1-3-7-20/h1-9,23-25,37H,10-18H2,(H,31,35)/t23-,24-,25-/m0/s1. The van der Waals surface area contributed by atoms with Crippen LogP contribution in [0.2, 0.25) is 0 Å². The molecule has 2 saturated heterocycles. The van der Waals surface area contributed by atoms with E-state index in [-0.39, 0.29) is 18.4 Å². The van der Waals surface area contributed by atoms with Crippen molar-refractivity contribution >= 4 is 17.8 Å². The van der Waals surface area contributed by atoms with Crippen molar-refractivity contribution in [2.45, 2.75) is 31.7 Å². The highest BCUT2D eigenvalue weighted by Gasteiger charge is 2.43. The Morgan fingerprint density at radius 2 is 1.62 bits per heavy atom. The Labute approximate surface area is 216 Å². The largest absolute Gasteiger partial charge is 0.342 e. The number of carbonyl (C=O) groups excluding carboxylic acids is 2. The zero-order chi connectivity index (χ0) is 25.8. The van der Waals surface area contributed by atoms with E-state index in [9.17, 15) is 20.1 Å². The van der Waals surface area contributed by atoms with Crippen LogP contribution in [0.1, 0.15) is 35.4 Å². The van der Waals surface area contributed by atoms with Gasteiger partial charge in [0.15, 0.2) is 0 Å². The Balaban J connectivity index is 1.30. The lowest BCUT2D eigenvalue weighted by Crippen LogP contribution is -2.56. The minimum absolute atomic E-state index is 0.0441. The molecule has 5 rings (SSSR count). The first-order valence-electron chi connectivity index (χ1n) is 12.9. The van der Waals surface area contributed by atoms with E-state index < -0.39 is 17.7 Å². The molecule has 3 aliphatic rings. The molecule has 3 atom stereocenters. The van der Waals surface area contributed by atoms with Crippen LogP contribution < -0.4 is 5.48 Å². The van der Waals surface area contributed by atoms with Gasteiger partial charge in [-0.25, -0.2) is 5.48 Å². The van der Waals surface area contributed by atoms with E-state index >= 15 is 0 Å². The second kappa shape index (κ2) is 11.0. The number of hydrogen-bond acceptors (Lipinski definition) is 5. The first-order chi connectivity index (χ1) is 18.1. The van der Waals surface area contributed by atoms with Crippen molar-refractivity contribution < 1.29 is 14.8 Å². The molecule has 0 aromatic heterocycles. The number of hydroxylamine groups is 1. The van der Waals surface area contributed by atoms with Crippen LogP contribution in [0.15, 0.2) is 59.6 Å². The van der Waals surface area contributed by atoms with Gasteiger partial charge in [-0.3, -0.25) is 14.8 Å². The summed E-state index contributed by atoms with van der Waals surface area (Å²) in [6.45, 7) is 3.33. The van der Waals surface area contributed by atoms with E-state index in [2.05, 4.69) is 34.2 Å².